The van der Waals surface area contributed by atoms with Gasteiger partial charge in [0.15, 0.2) is 0 Å². The molecular weight excluding hydrogens is 449 g/mol. The molecule has 2 aliphatic rings. The summed E-state index contributed by atoms with van der Waals surface area (Å²) in [6, 6.07) is 7.34. The van der Waals surface area contributed by atoms with E-state index in [1.807, 2.05) is 19.9 Å². The lowest BCUT2D eigenvalue weighted by Gasteiger charge is -2.42. The van der Waals surface area contributed by atoms with E-state index >= 15 is 0 Å². The van der Waals surface area contributed by atoms with Gasteiger partial charge in [-0.25, -0.2) is 9.59 Å². The van der Waals surface area contributed by atoms with Crippen LogP contribution in [0.3, 0.4) is 0 Å². The molecule has 4 amide bonds. The summed E-state index contributed by atoms with van der Waals surface area (Å²) in [5.41, 5.74) is 1.05. The number of hydrogen-bond donors (Lipinski definition) is 3. The van der Waals surface area contributed by atoms with Gasteiger partial charge >= 0.3 is 18.2 Å². The summed E-state index contributed by atoms with van der Waals surface area (Å²) in [5, 5.41) is 8.42. The summed E-state index contributed by atoms with van der Waals surface area (Å²) in [6.07, 6.45) is -2.90. The summed E-state index contributed by atoms with van der Waals surface area (Å²) >= 11 is 0. The third-order valence-electron chi connectivity index (χ3n) is 6.58. The number of ether oxygens (including phenoxy) is 1. The Labute approximate surface area is 195 Å². The first kappa shape index (κ1) is 23.7. The Bertz CT molecular complexity index is 1120. The number of hydrogen-bond acceptors (Lipinski definition) is 3. The van der Waals surface area contributed by atoms with Crippen molar-refractivity contribution in [1.82, 2.24) is 10.2 Å². The standard InChI is InChI=1S/C24H27F3N4O3/c1-4-23(5-2)12-19(17-9-7-15(24(25,26)27)10-20(17)34-23)29-21(32)28-16-8-6-14-13-31(3)22(33)30-18(14)11-16/h6-11,19H,4-5,12-13H2,1-3H3,(H,30,33)(H2,28,29,32)/t19-/m1/s1. The van der Waals surface area contributed by atoms with Crippen molar-refractivity contribution in [2.75, 3.05) is 17.7 Å². The zero-order valence-electron chi connectivity index (χ0n) is 19.2. The monoisotopic (exact) mass is 476 g/mol. The Morgan fingerprint density at radius 3 is 2.62 bits per heavy atom. The van der Waals surface area contributed by atoms with Crippen LogP contribution in [0.5, 0.6) is 5.75 Å². The number of amides is 4. The molecule has 0 aliphatic carbocycles. The fourth-order valence-electron chi connectivity index (χ4n) is 4.43. The summed E-state index contributed by atoms with van der Waals surface area (Å²) in [5.74, 6) is 0.135. The smallest absolute Gasteiger partial charge is 0.416 e. The van der Waals surface area contributed by atoms with E-state index in [2.05, 4.69) is 16.0 Å². The van der Waals surface area contributed by atoms with Crippen LogP contribution in [0, 0.1) is 0 Å². The molecule has 0 bridgehead atoms. The Morgan fingerprint density at radius 1 is 1.21 bits per heavy atom. The van der Waals surface area contributed by atoms with Gasteiger partial charge < -0.3 is 25.6 Å². The average molecular weight is 476 g/mol. The summed E-state index contributed by atoms with van der Waals surface area (Å²) in [7, 11) is 1.69. The molecule has 2 aromatic carbocycles. The van der Waals surface area contributed by atoms with Crippen LogP contribution in [0.2, 0.25) is 0 Å². The van der Waals surface area contributed by atoms with Crippen molar-refractivity contribution in [3.05, 3.63) is 53.1 Å². The van der Waals surface area contributed by atoms with Gasteiger partial charge in [-0.05, 0) is 42.7 Å². The summed E-state index contributed by atoms with van der Waals surface area (Å²) in [4.78, 5) is 26.3. The third kappa shape index (κ3) is 4.62. The molecule has 1 atom stereocenters. The predicted molar refractivity (Wildman–Crippen MR) is 122 cm³/mol. The molecule has 2 aromatic rings. The molecule has 182 valence electrons. The topological polar surface area (TPSA) is 82.7 Å². The number of anilines is 2. The van der Waals surface area contributed by atoms with Gasteiger partial charge in [-0.1, -0.05) is 26.0 Å². The van der Waals surface area contributed by atoms with Crippen molar-refractivity contribution in [2.24, 2.45) is 0 Å². The van der Waals surface area contributed by atoms with Crippen LogP contribution in [0.4, 0.5) is 34.1 Å². The lowest BCUT2D eigenvalue weighted by molar-refractivity contribution is -0.137. The number of carbonyl (C=O) groups excluding carboxylic acids is 2. The normalized spacial score (nSPS) is 18.8. The van der Waals surface area contributed by atoms with Crippen LogP contribution in [-0.2, 0) is 12.7 Å². The highest BCUT2D eigenvalue weighted by Gasteiger charge is 2.41. The van der Waals surface area contributed by atoms with Crippen LogP contribution >= 0.6 is 0 Å². The van der Waals surface area contributed by atoms with Gasteiger partial charge in [0.05, 0.1) is 11.6 Å². The number of halogens is 3. The van der Waals surface area contributed by atoms with E-state index in [9.17, 15) is 22.8 Å². The maximum absolute atomic E-state index is 13.3. The van der Waals surface area contributed by atoms with Crippen molar-refractivity contribution in [3.8, 4) is 5.75 Å². The Morgan fingerprint density at radius 2 is 1.94 bits per heavy atom. The molecule has 0 saturated heterocycles. The van der Waals surface area contributed by atoms with Crippen molar-refractivity contribution in [3.63, 3.8) is 0 Å². The highest BCUT2D eigenvalue weighted by atomic mass is 19.4. The second kappa shape index (κ2) is 8.73. The molecule has 0 fully saturated rings. The van der Waals surface area contributed by atoms with Crippen LogP contribution in [0.25, 0.3) is 0 Å². The average Bonchev–Trinajstić information content (AvgIpc) is 2.78. The van der Waals surface area contributed by atoms with Gasteiger partial charge in [0.1, 0.15) is 11.4 Å². The number of nitrogens with zero attached hydrogens (tertiary/aromatic N) is 1. The predicted octanol–water partition coefficient (Wildman–Crippen LogP) is 5.89. The molecule has 0 aromatic heterocycles. The Hall–Kier alpha value is -3.43. The van der Waals surface area contributed by atoms with E-state index < -0.39 is 29.4 Å². The van der Waals surface area contributed by atoms with Gasteiger partial charge in [-0.2, -0.15) is 13.2 Å². The molecule has 34 heavy (non-hydrogen) atoms. The number of rotatable bonds is 4. The second-order valence-corrected chi connectivity index (χ2v) is 8.76. The maximum atomic E-state index is 13.3. The highest BCUT2D eigenvalue weighted by molar-refractivity contribution is 5.95. The van der Waals surface area contributed by atoms with Gasteiger partial charge in [0.2, 0.25) is 0 Å². The van der Waals surface area contributed by atoms with Gasteiger partial charge in [-0.15, -0.1) is 0 Å². The highest BCUT2D eigenvalue weighted by Crippen LogP contribution is 2.45. The maximum Gasteiger partial charge on any atom is 0.416 e. The minimum Gasteiger partial charge on any atom is -0.487 e. The number of carbonyl (C=O) groups is 2. The van der Waals surface area contributed by atoms with Gasteiger partial charge in [0, 0.05) is 37.0 Å². The Kier molecular flexibility index (Phi) is 6.09. The SMILES string of the molecule is CCC1(CC)C[C@@H](NC(=O)Nc2ccc3c(c2)NC(=O)N(C)C3)c2ccc(C(F)(F)F)cc2O1. The first-order valence-electron chi connectivity index (χ1n) is 11.2. The molecule has 10 heteroatoms. The second-order valence-electron chi connectivity index (χ2n) is 8.76. The molecule has 4 rings (SSSR count). The Balaban J connectivity index is 1.55. The zero-order chi connectivity index (χ0) is 24.7. The van der Waals surface area contributed by atoms with Crippen molar-refractivity contribution < 1.29 is 27.5 Å². The number of nitrogens with one attached hydrogen (secondary N) is 3. The van der Waals surface area contributed by atoms with E-state index in [1.54, 1.807) is 24.1 Å². The summed E-state index contributed by atoms with van der Waals surface area (Å²) < 4.78 is 45.8. The van der Waals surface area contributed by atoms with Crippen LogP contribution < -0.4 is 20.7 Å². The van der Waals surface area contributed by atoms with E-state index in [-0.39, 0.29) is 11.8 Å². The molecule has 0 spiro atoms. The quantitative estimate of drug-likeness (QED) is 0.515. The minimum atomic E-state index is -4.49. The number of benzene rings is 2. The fourth-order valence-corrected chi connectivity index (χ4v) is 4.43. The van der Waals surface area contributed by atoms with E-state index in [4.69, 9.17) is 4.74 Å². The minimum absolute atomic E-state index is 0.135. The molecule has 2 aliphatic heterocycles. The van der Waals surface area contributed by atoms with E-state index in [1.165, 1.54) is 6.07 Å². The van der Waals surface area contributed by atoms with Gasteiger partial charge in [0.25, 0.3) is 0 Å². The first-order chi connectivity index (χ1) is 16.0. The summed E-state index contributed by atoms with van der Waals surface area (Å²) in [6.45, 7) is 4.29. The fraction of sp³-hybridized carbons (Fsp3) is 0.417. The molecule has 7 nitrogen and oxygen atoms in total. The lowest BCUT2D eigenvalue weighted by Crippen LogP contribution is -2.45. The van der Waals surface area contributed by atoms with Crippen LogP contribution in [0.1, 0.15) is 55.8 Å². The first-order valence-corrected chi connectivity index (χ1v) is 11.2. The van der Waals surface area contributed by atoms with Crippen molar-refractivity contribution in [1.29, 1.82) is 0 Å². The molecule has 2 heterocycles. The number of fused-ring (bicyclic) bond motifs is 2. The zero-order valence-corrected chi connectivity index (χ0v) is 19.2. The van der Waals surface area contributed by atoms with E-state index in [0.29, 0.717) is 42.7 Å². The van der Waals surface area contributed by atoms with Crippen molar-refractivity contribution >= 4 is 23.4 Å². The number of alkyl halides is 3. The van der Waals surface area contributed by atoms with Gasteiger partial charge in [-0.3, -0.25) is 0 Å². The number of urea groups is 2. The molecule has 3 N–H and O–H groups in total. The van der Waals surface area contributed by atoms with E-state index in [0.717, 1.165) is 17.7 Å². The lowest BCUT2D eigenvalue weighted by atomic mass is 9.83. The van der Waals surface area contributed by atoms with Crippen molar-refractivity contribution in [2.45, 2.75) is 57.5 Å². The molecule has 0 radical (unpaired) electrons. The third-order valence-corrected chi connectivity index (χ3v) is 6.58. The molecule has 0 unspecified atom stereocenters. The largest absolute Gasteiger partial charge is 0.487 e. The molecule has 0 saturated carbocycles. The van der Waals surface area contributed by atoms with Crippen LogP contribution in [0.15, 0.2) is 36.4 Å². The molecular formula is C24H27F3N4O3. The van der Waals surface area contributed by atoms with Crippen LogP contribution in [-0.4, -0.2) is 29.6 Å².